The molecule has 128 valence electrons. The van der Waals surface area contributed by atoms with Gasteiger partial charge in [0.1, 0.15) is 0 Å². The van der Waals surface area contributed by atoms with Crippen molar-refractivity contribution in [3.8, 4) is 0 Å². The van der Waals surface area contributed by atoms with Crippen LogP contribution in [-0.2, 0) is 4.74 Å². The Morgan fingerprint density at radius 2 is 1.91 bits per heavy atom. The Bertz CT molecular complexity index is 335. The van der Waals surface area contributed by atoms with Gasteiger partial charge in [0.2, 0.25) is 0 Å². The van der Waals surface area contributed by atoms with Crippen LogP contribution in [0.4, 0.5) is 0 Å². The predicted molar refractivity (Wildman–Crippen MR) is 91.2 cm³/mol. The van der Waals surface area contributed by atoms with Crippen LogP contribution in [0.5, 0.6) is 0 Å². The molecule has 1 saturated carbocycles. The van der Waals surface area contributed by atoms with Crippen LogP contribution in [-0.4, -0.2) is 61.9 Å². The summed E-state index contributed by atoms with van der Waals surface area (Å²) in [6, 6.07) is 1.48. The summed E-state index contributed by atoms with van der Waals surface area (Å²) < 4.78 is 5.50. The standard InChI is InChI=1S/C18H35N3O/c1-18(2,21-10-12-22-13-11-21)14-20-17-8-5-6-15(17)16-7-3-4-9-19-16/h15-17,19-20H,3-14H2,1-2H3. The fourth-order valence-corrected chi connectivity index (χ4v) is 4.63. The van der Waals surface area contributed by atoms with Crippen LogP contribution in [0.15, 0.2) is 0 Å². The third-order valence-electron chi connectivity index (χ3n) is 6.10. The van der Waals surface area contributed by atoms with E-state index in [2.05, 4.69) is 29.4 Å². The number of morpholine rings is 1. The van der Waals surface area contributed by atoms with Gasteiger partial charge in [-0.05, 0) is 52.0 Å². The summed E-state index contributed by atoms with van der Waals surface area (Å²) in [5.41, 5.74) is 0.233. The minimum atomic E-state index is 0.233. The van der Waals surface area contributed by atoms with Gasteiger partial charge in [-0.2, -0.15) is 0 Å². The van der Waals surface area contributed by atoms with E-state index in [9.17, 15) is 0 Å². The Morgan fingerprint density at radius 1 is 1.09 bits per heavy atom. The third kappa shape index (κ3) is 4.02. The zero-order valence-electron chi connectivity index (χ0n) is 14.6. The summed E-state index contributed by atoms with van der Waals surface area (Å²) in [5, 5.41) is 7.73. The molecular formula is C18H35N3O. The molecule has 3 fully saturated rings. The highest BCUT2D eigenvalue weighted by atomic mass is 16.5. The van der Waals surface area contributed by atoms with E-state index >= 15 is 0 Å². The van der Waals surface area contributed by atoms with E-state index in [1.165, 1.54) is 45.1 Å². The molecule has 2 saturated heterocycles. The molecule has 1 aliphatic carbocycles. The summed E-state index contributed by atoms with van der Waals surface area (Å²) in [5.74, 6) is 0.848. The van der Waals surface area contributed by atoms with Crippen LogP contribution < -0.4 is 10.6 Å². The SMILES string of the molecule is CC(C)(CNC1CCCC1C1CCCCN1)N1CCOCC1. The first kappa shape index (κ1) is 16.7. The molecule has 0 radical (unpaired) electrons. The molecule has 3 rings (SSSR count). The highest BCUT2D eigenvalue weighted by molar-refractivity contribution is 4.94. The first-order valence-corrected chi connectivity index (χ1v) is 9.46. The van der Waals surface area contributed by atoms with Crippen molar-refractivity contribution in [2.45, 2.75) is 70.0 Å². The number of hydrogen-bond donors (Lipinski definition) is 2. The average Bonchev–Trinajstić information content (AvgIpc) is 3.03. The fraction of sp³-hybridized carbons (Fsp3) is 1.00. The van der Waals surface area contributed by atoms with E-state index in [1.54, 1.807) is 0 Å². The molecule has 0 aromatic rings. The molecule has 4 nitrogen and oxygen atoms in total. The summed E-state index contributed by atoms with van der Waals surface area (Å²) in [6.45, 7) is 11.0. The quantitative estimate of drug-likeness (QED) is 0.814. The molecule has 0 bridgehead atoms. The first-order valence-electron chi connectivity index (χ1n) is 9.46. The topological polar surface area (TPSA) is 36.5 Å². The summed E-state index contributed by atoms with van der Waals surface area (Å²) >= 11 is 0. The molecule has 2 heterocycles. The number of hydrogen-bond acceptors (Lipinski definition) is 4. The molecule has 3 unspecified atom stereocenters. The Hall–Kier alpha value is -0.160. The second kappa shape index (κ2) is 7.61. The smallest absolute Gasteiger partial charge is 0.0594 e. The highest BCUT2D eigenvalue weighted by Crippen LogP contribution is 2.32. The Balaban J connectivity index is 1.50. The van der Waals surface area contributed by atoms with Gasteiger partial charge in [0.15, 0.2) is 0 Å². The second-order valence-electron chi connectivity index (χ2n) is 8.05. The van der Waals surface area contributed by atoms with Gasteiger partial charge in [0, 0.05) is 37.3 Å². The van der Waals surface area contributed by atoms with Crippen LogP contribution in [0.1, 0.15) is 52.4 Å². The van der Waals surface area contributed by atoms with Crippen LogP contribution in [0.2, 0.25) is 0 Å². The Morgan fingerprint density at radius 3 is 2.64 bits per heavy atom. The van der Waals surface area contributed by atoms with E-state index < -0.39 is 0 Å². The largest absolute Gasteiger partial charge is 0.379 e. The lowest BCUT2D eigenvalue weighted by atomic mass is 9.88. The molecule has 2 aliphatic heterocycles. The monoisotopic (exact) mass is 309 g/mol. The van der Waals surface area contributed by atoms with Gasteiger partial charge in [0.25, 0.3) is 0 Å². The molecule has 0 amide bonds. The van der Waals surface area contributed by atoms with Crippen molar-refractivity contribution in [2.24, 2.45) is 5.92 Å². The number of nitrogens with zero attached hydrogens (tertiary/aromatic N) is 1. The van der Waals surface area contributed by atoms with Gasteiger partial charge in [-0.15, -0.1) is 0 Å². The van der Waals surface area contributed by atoms with Crippen molar-refractivity contribution in [3.63, 3.8) is 0 Å². The lowest BCUT2D eigenvalue weighted by Crippen LogP contribution is -2.57. The minimum absolute atomic E-state index is 0.233. The second-order valence-corrected chi connectivity index (χ2v) is 8.05. The van der Waals surface area contributed by atoms with Crippen molar-refractivity contribution in [3.05, 3.63) is 0 Å². The lowest BCUT2D eigenvalue weighted by molar-refractivity contribution is -0.0109. The molecule has 0 spiro atoms. The van der Waals surface area contributed by atoms with Crippen molar-refractivity contribution < 1.29 is 4.74 Å². The van der Waals surface area contributed by atoms with Gasteiger partial charge in [0.05, 0.1) is 13.2 Å². The molecular weight excluding hydrogens is 274 g/mol. The molecule has 2 N–H and O–H groups in total. The van der Waals surface area contributed by atoms with Crippen LogP contribution >= 0.6 is 0 Å². The van der Waals surface area contributed by atoms with Crippen molar-refractivity contribution in [2.75, 3.05) is 39.4 Å². The molecule has 3 atom stereocenters. The molecule has 22 heavy (non-hydrogen) atoms. The van der Waals surface area contributed by atoms with E-state index in [1.807, 2.05) is 0 Å². The van der Waals surface area contributed by atoms with Gasteiger partial charge >= 0.3 is 0 Å². The Kier molecular flexibility index (Phi) is 5.77. The molecule has 3 aliphatic rings. The number of piperidine rings is 1. The van der Waals surface area contributed by atoms with Crippen LogP contribution in [0, 0.1) is 5.92 Å². The summed E-state index contributed by atoms with van der Waals surface area (Å²) in [7, 11) is 0. The maximum Gasteiger partial charge on any atom is 0.0594 e. The van der Waals surface area contributed by atoms with Gasteiger partial charge in [-0.3, -0.25) is 4.90 Å². The van der Waals surface area contributed by atoms with Gasteiger partial charge in [-0.1, -0.05) is 12.8 Å². The molecule has 0 aromatic heterocycles. The predicted octanol–water partition coefficient (Wildman–Crippen LogP) is 2.00. The summed E-state index contributed by atoms with van der Waals surface area (Å²) in [6.07, 6.45) is 8.34. The van der Waals surface area contributed by atoms with Crippen LogP contribution in [0.3, 0.4) is 0 Å². The maximum absolute atomic E-state index is 5.50. The van der Waals surface area contributed by atoms with Crippen molar-refractivity contribution in [1.82, 2.24) is 15.5 Å². The zero-order valence-corrected chi connectivity index (χ0v) is 14.6. The van der Waals surface area contributed by atoms with E-state index in [4.69, 9.17) is 4.74 Å². The van der Waals surface area contributed by atoms with Crippen molar-refractivity contribution >= 4 is 0 Å². The average molecular weight is 309 g/mol. The lowest BCUT2D eigenvalue weighted by Gasteiger charge is -2.42. The number of nitrogens with one attached hydrogen (secondary N) is 2. The third-order valence-corrected chi connectivity index (χ3v) is 6.10. The van der Waals surface area contributed by atoms with Gasteiger partial charge < -0.3 is 15.4 Å². The van der Waals surface area contributed by atoms with Crippen molar-refractivity contribution in [1.29, 1.82) is 0 Å². The minimum Gasteiger partial charge on any atom is -0.379 e. The normalized spacial score (nSPS) is 34.9. The Labute approximate surface area is 136 Å². The van der Waals surface area contributed by atoms with E-state index in [0.29, 0.717) is 0 Å². The number of rotatable bonds is 5. The maximum atomic E-state index is 5.50. The molecule has 0 aromatic carbocycles. The van der Waals surface area contributed by atoms with E-state index in [0.717, 1.165) is 50.8 Å². The van der Waals surface area contributed by atoms with Crippen LogP contribution in [0.25, 0.3) is 0 Å². The van der Waals surface area contributed by atoms with E-state index in [-0.39, 0.29) is 5.54 Å². The first-order chi connectivity index (χ1) is 10.7. The zero-order chi connectivity index (χ0) is 15.4. The number of ether oxygens (including phenoxy) is 1. The fourth-order valence-electron chi connectivity index (χ4n) is 4.63. The highest BCUT2D eigenvalue weighted by Gasteiger charge is 2.36. The van der Waals surface area contributed by atoms with Gasteiger partial charge in [-0.25, -0.2) is 0 Å². The summed E-state index contributed by atoms with van der Waals surface area (Å²) in [4.78, 5) is 2.59. The molecule has 4 heteroatoms.